The van der Waals surface area contributed by atoms with Gasteiger partial charge >= 0.3 is 0 Å². The van der Waals surface area contributed by atoms with Gasteiger partial charge in [-0.2, -0.15) is 0 Å². The molecule has 0 fully saturated rings. The maximum atomic E-state index is 5.61. The summed E-state index contributed by atoms with van der Waals surface area (Å²) in [5.74, 6) is 0. The summed E-state index contributed by atoms with van der Waals surface area (Å²) in [4.78, 5) is 0.401. The minimum Gasteiger partial charge on any atom is -0.389 e. The van der Waals surface area contributed by atoms with E-state index < -0.39 is 0 Å². The van der Waals surface area contributed by atoms with Gasteiger partial charge in [-0.1, -0.05) is 23.8 Å². The van der Waals surface area contributed by atoms with Crippen LogP contribution in [0.2, 0.25) is 4.34 Å². The Labute approximate surface area is 67.4 Å². The Morgan fingerprint density at radius 2 is 2.44 bits per heavy atom. The second kappa shape index (κ2) is 2.64. The molecule has 0 atom stereocenters. The third-order valence-corrected chi connectivity index (χ3v) is 2.18. The average molecular weight is 178 g/mol. The van der Waals surface area contributed by atoms with Crippen LogP contribution in [0.3, 0.4) is 0 Å². The predicted octanol–water partition coefficient (Wildman–Crippen LogP) is 2.04. The quantitative estimate of drug-likeness (QED) is 0.665. The zero-order valence-electron chi connectivity index (χ0n) is 4.43. The van der Waals surface area contributed by atoms with Gasteiger partial charge in [0, 0.05) is 10.9 Å². The summed E-state index contributed by atoms with van der Waals surface area (Å²) in [5, 5.41) is 1.84. The second-order valence-electron chi connectivity index (χ2n) is 1.50. The lowest BCUT2D eigenvalue weighted by molar-refractivity contribution is 1.74. The average Bonchev–Trinajstić information content (AvgIpc) is 2.14. The molecule has 0 aromatic carbocycles. The fraction of sp³-hybridized carbons (Fsp3) is 0. The van der Waals surface area contributed by atoms with Crippen molar-refractivity contribution in [2.75, 3.05) is 0 Å². The van der Waals surface area contributed by atoms with E-state index in [-0.39, 0.29) is 0 Å². The minimum absolute atomic E-state index is 0.401. The molecule has 48 valence electrons. The number of thiophene rings is 1. The van der Waals surface area contributed by atoms with E-state index in [1.165, 1.54) is 11.3 Å². The third kappa shape index (κ3) is 1.64. The van der Waals surface area contributed by atoms with Crippen LogP contribution in [0.5, 0.6) is 0 Å². The molecule has 1 heterocycles. The second-order valence-corrected chi connectivity index (χ2v) is 3.49. The minimum atomic E-state index is 0.401. The zero-order chi connectivity index (χ0) is 6.85. The van der Waals surface area contributed by atoms with E-state index in [4.69, 9.17) is 29.6 Å². The van der Waals surface area contributed by atoms with Crippen molar-refractivity contribution in [2.45, 2.75) is 0 Å². The summed E-state index contributed by atoms with van der Waals surface area (Å²) in [6.07, 6.45) is 0. The first-order valence-electron chi connectivity index (χ1n) is 2.24. The SMILES string of the molecule is NC(=S)c1csc(Cl)c1. The number of hydrogen-bond acceptors (Lipinski definition) is 2. The van der Waals surface area contributed by atoms with Gasteiger partial charge in [-0.15, -0.1) is 11.3 Å². The molecule has 1 aromatic heterocycles. The number of hydrogen-bond donors (Lipinski definition) is 1. The molecule has 2 N–H and O–H groups in total. The van der Waals surface area contributed by atoms with Crippen molar-refractivity contribution in [1.82, 2.24) is 0 Å². The summed E-state index contributed by atoms with van der Waals surface area (Å²) >= 11 is 11.7. The number of rotatable bonds is 1. The molecule has 0 aliphatic carbocycles. The maximum Gasteiger partial charge on any atom is 0.104 e. The molecule has 0 amide bonds. The Balaban J connectivity index is 2.98. The molecule has 1 aromatic rings. The Bertz CT molecular complexity index is 231. The highest BCUT2D eigenvalue weighted by molar-refractivity contribution is 7.80. The first kappa shape index (κ1) is 6.99. The highest BCUT2D eigenvalue weighted by Crippen LogP contribution is 2.19. The molecule has 0 aliphatic rings. The molecule has 1 nitrogen and oxygen atoms in total. The Kier molecular flexibility index (Phi) is 2.05. The molecule has 0 radical (unpaired) electrons. The Hall–Kier alpha value is -0.120. The zero-order valence-corrected chi connectivity index (χ0v) is 6.82. The normalized spacial score (nSPS) is 9.44. The van der Waals surface area contributed by atoms with Crippen molar-refractivity contribution < 1.29 is 0 Å². The van der Waals surface area contributed by atoms with Crippen molar-refractivity contribution in [2.24, 2.45) is 5.73 Å². The van der Waals surface area contributed by atoms with Crippen LogP contribution in [0.15, 0.2) is 11.4 Å². The van der Waals surface area contributed by atoms with Crippen molar-refractivity contribution >= 4 is 40.1 Å². The molecule has 0 spiro atoms. The van der Waals surface area contributed by atoms with Crippen LogP contribution in [-0.2, 0) is 0 Å². The maximum absolute atomic E-state index is 5.61. The molecule has 0 saturated heterocycles. The van der Waals surface area contributed by atoms with Gasteiger partial charge in [0.1, 0.15) is 4.99 Å². The number of nitrogens with two attached hydrogens (primary N) is 1. The number of halogens is 1. The van der Waals surface area contributed by atoms with Crippen LogP contribution >= 0.6 is 35.2 Å². The lowest BCUT2D eigenvalue weighted by Crippen LogP contribution is -2.07. The molecular weight excluding hydrogens is 174 g/mol. The van der Waals surface area contributed by atoms with Crippen LogP contribution in [0.4, 0.5) is 0 Å². The van der Waals surface area contributed by atoms with Gasteiger partial charge in [-0.25, -0.2) is 0 Å². The lowest BCUT2D eigenvalue weighted by atomic mass is 10.3. The van der Waals surface area contributed by atoms with Crippen LogP contribution in [-0.4, -0.2) is 4.99 Å². The fourth-order valence-corrected chi connectivity index (χ4v) is 1.51. The lowest BCUT2D eigenvalue weighted by Gasteiger charge is -1.85. The molecule has 0 unspecified atom stereocenters. The summed E-state index contributed by atoms with van der Waals surface area (Å²) in [6.45, 7) is 0. The van der Waals surface area contributed by atoms with Crippen LogP contribution in [0.25, 0.3) is 0 Å². The first-order valence-corrected chi connectivity index (χ1v) is 3.90. The summed E-state index contributed by atoms with van der Waals surface area (Å²) in [5.41, 5.74) is 6.15. The fourth-order valence-electron chi connectivity index (χ4n) is 0.439. The van der Waals surface area contributed by atoms with Crippen LogP contribution in [0, 0.1) is 0 Å². The first-order chi connectivity index (χ1) is 4.20. The van der Waals surface area contributed by atoms with Gasteiger partial charge in [0.25, 0.3) is 0 Å². The summed E-state index contributed by atoms with van der Waals surface area (Å²) in [7, 11) is 0. The number of thiocarbonyl (C=S) groups is 1. The van der Waals surface area contributed by atoms with Gasteiger partial charge in [0.15, 0.2) is 0 Å². The van der Waals surface area contributed by atoms with E-state index >= 15 is 0 Å². The van der Waals surface area contributed by atoms with E-state index in [0.29, 0.717) is 4.99 Å². The topological polar surface area (TPSA) is 26.0 Å². The molecule has 0 bridgehead atoms. The Morgan fingerprint density at radius 3 is 2.67 bits per heavy atom. The Morgan fingerprint density at radius 1 is 1.78 bits per heavy atom. The smallest absolute Gasteiger partial charge is 0.104 e. The van der Waals surface area contributed by atoms with E-state index in [1.54, 1.807) is 6.07 Å². The summed E-state index contributed by atoms with van der Waals surface area (Å²) < 4.78 is 0.720. The highest BCUT2D eigenvalue weighted by atomic mass is 35.5. The van der Waals surface area contributed by atoms with E-state index in [9.17, 15) is 0 Å². The molecule has 0 aliphatic heterocycles. The van der Waals surface area contributed by atoms with Crippen molar-refractivity contribution in [3.63, 3.8) is 0 Å². The predicted molar refractivity (Wildman–Crippen MR) is 45.2 cm³/mol. The standard InChI is InChI=1S/C5H4ClNS2/c6-4-1-3(2-9-4)5(7)8/h1-2H,(H2,7,8). The van der Waals surface area contributed by atoms with E-state index in [0.717, 1.165) is 9.90 Å². The largest absolute Gasteiger partial charge is 0.389 e. The van der Waals surface area contributed by atoms with Gasteiger partial charge in [0.05, 0.1) is 4.34 Å². The van der Waals surface area contributed by atoms with E-state index in [1.807, 2.05) is 5.38 Å². The van der Waals surface area contributed by atoms with Gasteiger partial charge in [-0.05, 0) is 6.07 Å². The molecule has 1 rings (SSSR count). The van der Waals surface area contributed by atoms with Gasteiger partial charge < -0.3 is 5.73 Å². The van der Waals surface area contributed by atoms with E-state index in [2.05, 4.69) is 0 Å². The molecule has 9 heavy (non-hydrogen) atoms. The monoisotopic (exact) mass is 177 g/mol. The third-order valence-electron chi connectivity index (χ3n) is 0.852. The highest BCUT2D eigenvalue weighted by Gasteiger charge is 1.97. The van der Waals surface area contributed by atoms with Gasteiger partial charge in [0.2, 0.25) is 0 Å². The van der Waals surface area contributed by atoms with Crippen molar-refractivity contribution in [3.05, 3.63) is 21.3 Å². The molecule has 0 saturated carbocycles. The van der Waals surface area contributed by atoms with Crippen molar-refractivity contribution in [3.8, 4) is 0 Å². The van der Waals surface area contributed by atoms with Crippen LogP contribution < -0.4 is 5.73 Å². The van der Waals surface area contributed by atoms with Crippen LogP contribution in [0.1, 0.15) is 5.56 Å². The van der Waals surface area contributed by atoms with Crippen molar-refractivity contribution in [1.29, 1.82) is 0 Å². The van der Waals surface area contributed by atoms with Gasteiger partial charge in [-0.3, -0.25) is 0 Å². The molecular formula is C5H4ClNS2. The molecule has 4 heteroatoms. The summed E-state index contributed by atoms with van der Waals surface area (Å²) in [6, 6.07) is 1.76.